The number of alkyl halides is 3. The van der Waals surface area contributed by atoms with Crippen LogP contribution in [0.3, 0.4) is 0 Å². The molecule has 3 aromatic rings. The van der Waals surface area contributed by atoms with E-state index in [-0.39, 0.29) is 22.0 Å². The lowest BCUT2D eigenvalue weighted by Gasteiger charge is -2.11. The lowest BCUT2D eigenvalue weighted by molar-refractivity contribution is -0.137. The van der Waals surface area contributed by atoms with E-state index in [1.54, 1.807) is 12.1 Å². The van der Waals surface area contributed by atoms with Gasteiger partial charge in [0, 0.05) is 11.6 Å². The second kappa shape index (κ2) is 8.99. The monoisotopic (exact) mass is 460 g/mol. The molecular weight excluding hydrogens is 449 g/mol. The summed E-state index contributed by atoms with van der Waals surface area (Å²) in [6.07, 6.45) is -3.52. The van der Waals surface area contributed by atoms with Crippen LogP contribution < -0.4 is 5.32 Å². The quantitative estimate of drug-likeness (QED) is 0.366. The summed E-state index contributed by atoms with van der Waals surface area (Å²) in [6, 6.07) is 13.0. The number of halogens is 4. The van der Waals surface area contributed by atoms with Gasteiger partial charge in [-0.25, -0.2) is 4.79 Å². The number of carboxylic acid groups (broad SMARTS) is 1. The van der Waals surface area contributed by atoms with Gasteiger partial charge in [0.15, 0.2) is 0 Å². The first kappa shape index (κ1) is 22.7. The van der Waals surface area contributed by atoms with E-state index in [1.807, 2.05) is 0 Å². The Balaban J connectivity index is 1.82. The summed E-state index contributed by atoms with van der Waals surface area (Å²) in [7, 11) is 0. The molecule has 2 aromatic carbocycles. The molecule has 0 saturated heterocycles. The van der Waals surface area contributed by atoms with Crippen LogP contribution in [-0.2, 0) is 11.0 Å². The lowest BCUT2D eigenvalue weighted by Crippen LogP contribution is -2.15. The van der Waals surface area contributed by atoms with E-state index in [9.17, 15) is 28.0 Å². The molecule has 0 spiro atoms. The van der Waals surface area contributed by atoms with Crippen molar-refractivity contribution in [2.24, 2.45) is 0 Å². The fourth-order valence-corrected chi connectivity index (χ4v) is 2.81. The van der Waals surface area contributed by atoms with Gasteiger partial charge in [-0.2, -0.15) is 18.4 Å². The van der Waals surface area contributed by atoms with Crippen molar-refractivity contribution in [2.75, 3.05) is 5.32 Å². The molecule has 1 aromatic heterocycles. The summed E-state index contributed by atoms with van der Waals surface area (Å²) >= 11 is 5.86. The normalized spacial score (nSPS) is 11.7. The molecular formula is C22H12ClF3N2O4. The molecule has 1 amide bonds. The molecule has 6 nitrogen and oxygen atoms in total. The minimum absolute atomic E-state index is 0.0946. The number of aromatic carboxylic acids is 1. The number of carbonyl (C=O) groups excluding carboxylic acids is 1. The minimum Gasteiger partial charge on any atom is -0.478 e. The first-order valence-corrected chi connectivity index (χ1v) is 9.20. The topological polar surface area (TPSA) is 103 Å². The number of hydrogen-bond acceptors (Lipinski definition) is 4. The zero-order chi connectivity index (χ0) is 23.5. The number of nitrogens with zero attached hydrogens (tertiary/aromatic N) is 1. The van der Waals surface area contributed by atoms with Crippen LogP contribution >= 0.6 is 11.6 Å². The number of amides is 1. The Morgan fingerprint density at radius 1 is 1.09 bits per heavy atom. The van der Waals surface area contributed by atoms with E-state index in [1.165, 1.54) is 30.3 Å². The lowest BCUT2D eigenvalue weighted by atomic mass is 10.1. The number of carboxylic acids is 1. The highest BCUT2D eigenvalue weighted by molar-refractivity contribution is 6.34. The third kappa shape index (κ3) is 5.17. The third-order valence-corrected chi connectivity index (χ3v) is 4.57. The Morgan fingerprint density at radius 3 is 2.38 bits per heavy atom. The highest BCUT2D eigenvalue weighted by atomic mass is 35.5. The van der Waals surface area contributed by atoms with Gasteiger partial charge in [0.25, 0.3) is 5.91 Å². The average Bonchev–Trinajstić information content (AvgIpc) is 3.21. The predicted octanol–water partition coefficient (Wildman–Crippen LogP) is 5.86. The molecule has 32 heavy (non-hydrogen) atoms. The summed E-state index contributed by atoms with van der Waals surface area (Å²) in [4.78, 5) is 23.3. The molecule has 162 valence electrons. The molecule has 0 aliphatic carbocycles. The SMILES string of the molecule is N#CC(=Cc1ccc(-c2ccc(C(=O)O)cc2)o1)C(=O)Nc1cc(C(F)(F)F)ccc1Cl. The van der Waals surface area contributed by atoms with Crippen molar-refractivity contribution >= 4 is 35.2 Å². The molecule has 10 heteroatoms. The molecule has 0 atom stereocenters. The van der Waals surface area contributed by atoms with E-state index in [4.69, 9.17) is 21.1 Å². The molecule has 0 unspecified atom stereocenters. The van der Waals surface area contributed by atoms with Gasteiger partial charge >= 0.3 is 12.1 Å². The molecule has 0 bridgehead atoms. The maximum atomic E-state index is 12.9. The van der Waals surface area contributed by atoms with E-state index in [2.05, 4.69) is 5.32 Å². The summed E-state index contributed by atoms with van der Waals surface area (Å²) in [5.74, 6) is -1.57. The van der Waals surface area contributed by atoms with Crippen molar-refractivity contribution in [1.29, 1.82) is 5.26 Å². The Labute approximate surface area is 184 Å². The second-order valence-electron chi connectivity index (χ2n) is 6.40. The second-order valence-corrected chi connectivity index (χ2v) is 6.81. The number of nitriles is 1. The summed E-state index contributed by atoms with van der Waals surface area (Å²) in [5.41, 5.74) is -1.08. The van der Waals surface area contributed by atoms with Crippen molar-refractivity contribution < 1.29 is 32.3 Å². The Morgan fingerprint density at radius 2 is 1.78 bits per heavy atom. The van der Waals surface area contributed by atoms with Crippen LogP contribution in [0.1, 0.15) is 21.7 Å². The van der Waals surface area contributed by atoms with Crippen LogP contribution in [0.2, 0.25) is 5.02 Å². The van der Waals surface area contributed by atoms with Gasteiger partial charge in [-0.1, -0.05) is 23.7 Å². The van der Waals surface area contributed by atoms with Gasteiger partial charge in [0.05, 0.1) is 21.8 Å². The zero-order valence-corrected chi connectivity index (χ0v) is 16.7. The number of furan rings is 1. The Bertz CT molecular complexity index is 1260. The fourth-order valence-electron chi connectivity index (χ4n) is 2.64. The Kier molecular flexibility index (Phi) is 6.37. The van der Waals surface area contributed by atoms with Gasteiger partial charge < -0.3 is 14.8 Å². The molecule has 0 radical (unpaired) electrons. The summed E-state index contributed by atoms with van der Waals surface area (Å²) in [6.45, 7) is 0. The number of anilines is 1. The molecule has 1 heterocycles. The van der Waals surface area contributed by atoms with Crippen molar-refractivity contribution in [1.82, 2.24) is 0 Å². The van der Waals surface area contributed by atoms with Crippen LogP contribution in [0.4, 0.5) is 18.9 Å². The summed E-state index contributed by atoms with van der Waals surface area (Å²) in [5, 5.41) is 20.3. The molecule has 0 fully saturated rings. The van der Waals surface area contributed by atoms with Gasteiger partial charge in [-0.3, -0.25) is 4.79 Å². The predicted molar refractivity (Wildman–Crippen MR) is 110 cm³/mol. The van der Waals surface area contributed by atoms with Crippen LogP contribution in [-0.4, -0.2) is 17.0 Å². The molecule has 0 aliphatic heterocycles. The van der Waals surface area contributed by atoms with Gasteiger partial charge in [-0.15, -0.1) is 0 Å². The van der Waals surface area contributed by atoms with E-state index >= 15 is 0 Å². The number of hydrogen-bond donors (Lipinski definition) is 2. The Hall–Kier alpha value is -4.03. The molecule has 0 saturated carbocycles. The van der Waals surface area contributed by atoms with Crippen LogP contribution in [0, 0.1) is 11.3 Å². The van der Waals surface area contributed by atoms with Gasteiger partial charge in [0.1, 0.15) is 23.2 Å². The first-order valence-electron chi connectivity index (χ1n) is 8.82. The highest BCUT2D eigenvalue weighted by Crippen LogP contribution is 2.34. The van der Waals surface area contributed by atoms with E-state index in [0.29, 0.717) is 17.4 Å². The minimum atomic E-state index is -4.63. The van der Waals surface area contributed by atoms with E-state index < -0.39 is 29.2 Å². The number of carbonyl (C=O) groups is 2. The fraction of sp³-hybridized carbons (Fsp3) is 0.0455. The zero-order valence-electron chi connectivity index (χ0n) is 15.9. The molecule has 3 rings (SSSR count). The number of rotatable bonds is 5. The smallest absolute Gasteiger partial charge is 0.416 e. The van der Waals surface area contributed by atoms with Crippen molar-refractivity contribution in [2.45, 2.75) is 6.18 Å². The number of benzene rings is 2. The first-order chi connectivity index (χ1) is 15.1. The number of nitrogens with one attached hydrogen (secondary N) is 1. The van der Waals surface area contributed by atoms with Gasteiger partial charge in [-0.05, 0) is 42.5 Å². The molecule has 2 N–H and O–H groups in total. The maximum Gasteiger partial charge on any atom is 0.416 e. The third-order valence-electron chi connectivity index (χ3n) is 4.24. The van der Waals surface area contributed by atoms with Gasteiger partial charge in [0.2, 0.25) is 0 Å². The summed E-state index contributed by atoms with van der Waals surface area (Å²) < 4.78 is 44.2. The van der Waals surface area contributed by atoms with Crippen LogP contribution in [0.25, 0.3) is 17.4 Å². The average molecular weight is 461 g/mol. The largest absolute Gasteiger partial charge is 0.478 e. The molecule has 0 aliphatic rings. The van der Waals surface area contributed by atoms with Crippen molar-refractivity contribution in [3.8, 4) is 17.4 Å². The van der Waals surface area contributed by atoms with Crippen LogP contribution in [0.5, 0.6) is 0 Å². The van der Waals surface area contributed by atoms with Crippen molar-refractivity contribution in [3.05, 3.63) is 82.1 Å². The van der Waals surface area contributed by atoms with E-state index in [0.717, 1.165) is 18.2 Å². The van der Waals surface area contributed by atoms with Crippen molar-refractivity contribution in [3.63, 3.8) is 0 Å². The highest BCUT2D eigenvalue weighted by Gasteiger charge is 2.31. The maximum absolute atomic E-state index is 12.9. The standard InChI is InChI=1S/C22H12ClF3N2O4/c23-17-7-5-15(22(24,25)26)10-18(17)28-20(29)14(11-27)9-16-6-8-19(32-16)12-1-3-13(4-2-12)21(30)31/h1-10H,(H,28,29)(H,30,31). The van der Waals surface area contributed by atoms with Crippen LogP contribution in [0.15, 0.2) is 64.6 Å².